The average molecular weight is 241 g/mol. The number of rotatable bonds is 4. The van der Waals surface area contributed by atoms with Crippen LogP contribution >= 0.6 is 0 Å². The zero-order valence-electron chi connectivity index (χ0n) is 11.4. The third kappa shape index (κ3) is 2.37. The summed E-state index contributed by atoms with van der Waals surface area (Å²) >= 11 is 0. The lowest BCUT2D eigenvalue weighted by molar-refractivity contribution is -0.722. The van der Waals surface area contributed by atoms with Crippen LogP contribution in [-0.2, 0) is 6.42 Å². The molecule has 0 aliphatic heterocycles. The molecule has 0 saturated heterocycles. The molecule has 2 aromatic rings. The van der Waals surface area contributed by atoms with E-state index in [4.69, 9.17) is 0 Å². The fourth-order valence-electron chi connectivity index (χ4n) is 2.49. The maximum Gasteiger partial charge on any atom is 0.251 e. The number of nitrogens with zero attached hydrogens (tertiary/aromatic N) is 1. The number of H-pyrrole nitrogens is 1. The summed E-state index contributed by atoms with van der Waals surface area (Å²) in [7, 11) is 0. The molecule has 2 rings (SSSR count). The summed E-state index contributed by atoms with van der Waals surface area (Å²) in [5.41, 5.74) is 3.85. The minimum Gasteiger partial charge on any atom is -0.245 e. The molecule has 2 heteroatoms. The van der Waals surface area contributed by atoms with Crippen molar-refractivity contribution in [3.05, 3.63) is 65.8 Å². The third-order valence-corrected chi connectivity index (χ3v) is 3.53. The molecule has 0 radical (unpaired) electrons. The molecule has 1 unspecified atom stereocenters. The van der Waals surface area contributed by atoms with Gasteiger partial charge in [0.05, 0.1) is 0 Å². The van der Waals surface area contributed by atoms with E-state index in [1.165, 1.54) is 22.8 Å². The Bertz CT molecular complexity index is 538. The summed E-state index contributed by atoms with van der Waals surface area (Å²) in [4.78, 5) is 3.39. The van der Waals surface area contributed by atoms with Crippen molar-refractivity contribution in [2.75, 3.05) is 0 Å². The van der Waals surface area contributed by atoms with Gasteiger partial charge in [0.2, 0.25) is 0 Å². The fourth-order valence-corrected chi connectivity index (χ4v) is 2.49. The molecule has 0 aliphatic carbocycles. The van der Waals surface area contributed by atoms with Gasteiger partial charge < -0.3 is 0 Å². The number of benzene rings is 1. The Labute approximate surface area is 109 Å². The van der Waals surface area contributed by atoms with Gasteiger partial charge in [-0.3, -0.25) is 0 Å². The molecular weight excluding hydrogens is 220 g/mol. The van der Waals surface area contributed by atoms with Gasteiger partial charge in [-0.05, 0) is 11.6 Å². The minimum absolute atomic E-state index is 0.303. The molecule has 1 atom stereocenters. The number of aromatic nitrogens is 2. The smallest absolute Gasteiger partial charge is 0.245 e. The zero-order chi connectivity index (χ0) is 13.1. The quantitative estimate of drug-likeness (QED) is 0.626. The molecule has 18 heavy (non-hydrogen) atoms. The van der Waals surface area contributed by atoms with E-state index in [1.54, 1.807) is 0 Å². The van der Waals surface area contributed by atoms with Gasteiger partial charge in [0, 0.05) is 27.2 Å². The SMILES string of the molecule is C=CC(Cc1ccccc1)[n+]1c(C)[nH]c(C)c1C. The van der Waals surface area contributed by atoms with E-state index in [0.29, 0.717) is 6.04 Å². The van der Waals surface area contributed by atoms with Crippen LogP contribution in [0.15, 0.2) is 43.0 Å². The first-order valence-electron chi connectivity index (χ1n) is 6.37. The highest BCUT2D eigenvalue weighted by Gasteiger charge is 2.22. The number of aryl methyl sites for hydroxylation is 2. The van der Waals surface area contributed by atoms with E-state index in [9.17, 15) is 0 Å². The van der Waals surface area contributed by atoms with Crippen LogP contribution in [0.4, 0.5) is 0 Å². The Morgan fingerprint density at radius 3 is 2.39 bits per heavy atom. The summed E-state index contributed by atoms with van der Waals surface area (Å²) in [6.07, 6.45) is 3.01. The van der Waals surface area contributed by atoms with Gasteiger partial charge in [-0.25, -0.2) is 9.55 Å². The van der Waals surface area contributed by atoms with Crippen molar-refractivity contribution < 1.29 is 4.57 Å². The topological polar surface area (TPSA) is 19.7 Å². The molecular formula is C16H21N2+. The lowest BCUT2D eigenvalue weighted by atomic mass is 10.1. The predicted octanol–water partition coefficient (Wildman–Crippen LogP) is 3.20. The van der Waals surface area contributed by atoms with Crippen LogP contribution in [0.25, 0.3) is 0 Å². The highest BCUT2D eigenvalue weighted by Crippen LogP contribution is 2.13. The second kappa shape index (κ2) is 5.21. The zero-order valence-corrected chi connectivity index (χ0v) is 11.4. The first kappa shape index (κ1) is 12.6. The van der Waals surface area contributed by atoms with Crippen molar-refractivity contribution in [3.8, 4) is 0 Å². The number of hydrogen-bond donors (Lipinski definition) is 1. The van der Waals surface area contributed by atoms with Gasteiger partial charge in [-0.1, -0.05) is 36.9 Å². The van der Waals surface area contributed by atoms with Crippen LogP contribution in [0.3, 0.4) is 0 Å². The van der Waals surface area contributed by atoms with Crippen molar-refractivity contribution in [1.29, 1.82) is 0 Å². The van der Waals surface area contributed by atoms with Crippen LogP contribution in [0, 0.1) is 20.8 Å². The molecule has 0 amide bonds. The molecule has 0 bridgehead atoms. The monoisotopic (exact) mass is 241 g/mol. The molecule has 0 aliphatic rings. The Kier molecular flexibility index (Phi) is 3.66. The lowest BCUT2D eigenvalue weighted by Gasteiger charge is -2.12. The normalized spacial score (nSPS) is 12.4. The van der Waals surface area contributed by atoms with Gasteiger partial charge in [0.25, 0.3) is 5.82 Å². The van der Waals surface area contributed by atoms with Gasteiger partial charge in [0.15, 0.2) is 0 Å². The highest BCUT2D eigenvalue weighted by atomic mass is 15.1. The van der Waals surface area contributed by atoms with Crippen molar-refractivity contribution in [2.24, 2.45) is 0 Å². The minimum atomic E-state index is 0.303. The molecule has 1 heterocycles. The second-order valence-electron chi connectivity index (χ2n) is 4.78. The van der Waals surface area contributed by atoms with Gasteiger partial charge in [-0.15, -0.1) is 0 Å². The maximum absolute atomic E-state index is 3.99. The van der Waals surface area contributed by atoms with E-state index >= 15 is 0 Å². The molecule has 1 N–H and O–H groups in total. The van der Waals surface area contributed by atoms with Crippen LogP contribution in [0.2, 0.25) is 0 Å². The van der Waals surface area contributed by atoms with Gasteiger partial charge >= 0.3 is 0 Å². The van der Waals surface area contributed by atoms with Crippen LogP contribution in [-0.4, -0.2) is 4.98 Å². The van der Waals surface area contributed by atoms with Crippen molar-refractivity contribution >= 4 is 0 Å². The molecule has 1 aromatic heterocycles. The molecule has 0 fully saturated rings. The molecule has 94 valence electrons. The number of nitrogens with one attached hydrogen (secondary N) is 1. The summed E-state index contributed by atoms with van der Waals surface area (Å²) in [5.74, 6) is 1.19. The standard InChI is InChI=1S/C16H20N2/c1-5-16(11-15-9-7-6-8-10-15)18-13(3)12(2)17-14(18)4/h5-10,16H,1,11H2,2-4H3/p+1. The summed E-state index contributed by atoms with van der Waals surface area (Å²) < 4.78 is 2.33. The first-order chi connectivity index (χ1) is 8.63. The Hall–Kier alpha value is -1.83. The predicted molar refractivity (Wildman–Crippen MR) is 74.6 cm³/mol. The van der Waals surface area contributed by atoms with E-state index in [-0.39, 0.29) is 0 Å². The van der Waals surface area contributed by atoms with E-state index in [0.717, 1.165) is 6.42 Å². The summed E-state index contributed by atoms with van der Waals surface area (Å²) in [6.45, 7) is 10.4. The Balaban J connectivity index is 2.32. The van der Waals surface area contributed by atoms with Crippen molar-refractivity contribution in [1.82, 2.24) is 4.98 Å². The second-order valence-corrected chi connectivity index (χ2v) is 4.78. The third-order valence-electron chi connectivity index (χ3n) is 3.53. The fraction of sp³-hybridized carbons (Fsp3) is 0.312. The van der Waals surface area contributed by atoms with Crippen molar-refractivity contribution in [3.63, 3.8) is 0 Å². The largest absolute Gasteiger partial charge is 0.251 e. The first-order valence-corrected chi connectivity index (χ1v) is 6.37. The highest BCUT2D eigenvalue weighted by molar-refractivity contribution is 5.16. The number of hydrogen-bond acceptors (Lipinski definition) is 0. The van der Waals surface area contributed by atoms with E-state index in [2.05, 4.69) is 67.2 Å². The van der Waals surface area contributed by atoms with Crippen LogP contribution in [0.5, 0.6) is 0 Å². The maximum atomic E-state index is 3.99. The van der Waals surface area contributed by atoms with Gasteiger partial charge in [0.1, 0.15) is 17.4 Å². The summed E-state index contributed by atoms with van der Waals surface area (Å²) in [5, 5.41) is 0. The summed E-state index contributed by atoms with van der Waals surface area (Å²) in [6, 6.07) is 10.9. The number of allylic oxidation sites excluding steroid dienone is 1. The molecule has 0 saturated carbocycles. The van der Waals surface area contributed by atoms with E-state index < -0.39 is 0 Å². The van der Waals surface area contributed by atoms with Crippen LogP contribution in [0.1, 0.15) is 28.8 Å². The Morgan fingerprint density at radius 2 is 1.89 bits per heavy atom. The van der Waals surface area contributed by atoms with E-state index in [1.807, 2.05) is 6.08 Å². The van der Waals surface area contributed by atoms with Gasteiger partial charge in [-0.2, -0.15) is 0 Å². The van der Waals surface area contributed by atoms with Crippen molar-refractivity contribution in [2.45, 2.75) is 33.2 Å². The average Bonchev–Trinajstić information content (AvgIpc) is 2.62. The number of aromatic amines is 1. The lowest BCUT2D eigenvalue weighted by Crippen LogP contribution is -2.43. The van der Waals surface area contributed by atoms with Crippen LogP contribution < -0.4 is 4.57 Å². The molecule has 2 nitrogen and oxygen atoms in total. The molecule has 1 aromatic carbocycles. The molecule has 0 spiro atoms. The number of imidazole rings is 1. The Morgan fingerprint density at radius 1 is 1.22 bits per heavy atom.